The van der Waals surface area contributed by atoms with Crippen LogP contribution in [0.5, 0.6) is 0 Å². The molecule has 3 heterocycles. The van der Waals surface area contributed by atoms with E-state index < -0.39 is 0 Å². The Labute approximate surface area is 168 Å². The number of rotatable bonds is 6. The van der Waals surface area contributed by atoms with Crippen molar-refractivity contribution < 1.29 is 14.4 Å². The first-order valence-electron chi connectivity index (χ1n) is 10.9. The monoisotopic (exact) mass is 392 g/mol. The van der Waals surface area contributed by atoms with Gasteiger partial charge in [0.25, 0.3) is 0 Å². The third-order valence-corrected chi connectivity index (χ3v) is 6.81. The molecule has 3 saturated heterocycles. The predicted octanol–water partition coefficient (Wildman–Crippen LogP) is 1.08. The van der Waals surface area contributed by atoms with Crippen LogP contribution in [0.3, 0.4) is 0 Å². The number of likely N-dealkylation sites (tertiary alicyclic amines) is 3. The summed E-state index contributed by atoms with van der Waals surface area (Å²) in [5.74, 6) is 0.909. The third kappa shape index (κ3) is 4.50. The molecule has 3 rings (SSSR count). The lowest BCUT2D eigenvalue weighted by Gasteiger charge is -2.28. The van der Waals surface area contributed by atoms with Gasteiger partial charge < -0.3 is 20.0 Å². The van der Waals surface area contributed by atoms with E-state index in [1.54, 1.807) is 0 Å². The minimum Gasteiger partial charge on any atom is -0.354 e. The molecule has 158 valence electrons. The van der Waals surface area contributed by atoms with E-state index in [0.29, 0.717) is 37.8 Å². The van der Waals surface area contributed by atoms with Crippen LogP contribution >= 0.6 is 0 Å². The number of carbonyl (C=O) groups excluding carboxylic acids is 3. The summed E-state index contributed by atoms with van der Waals surface area (Å²) in [5.41, 5.74) is 0. The molecule has 3 amide bonds. The van der Waals surface area contributed by atoms with Crippen LogP contribution < -0.4 is 5.32 Å². The van der Waals surface area contributed by atoms with Gasteiger partial charge in [0.15, 0.2) is 0 Å². The highest BCUT2D eigenvalue weighted by Gasteiger charge is 2.46. The molecule has 0 aromatic carbocycles. The molecule has 0 bridgehead atoms. The molecule has 0 radical (unpaired) electrons. The molecule has 0 unspecified atom stereocenters. The molecular weight excluding hydrogens is 356 g/mol. The standard InChI is InChI=1S/C21H36N4O3/c1-14(2)22-19(26)6-5-7-20(27)25-11-8-16-12-24(13-18(16)25)21(28)17-9-10-23(4)15(17)3/h14-18H,5-13H2,1-4H3,(H,22,26)/t15-,16-,17-,18+/m1/s1. The SMILES string of the molecule is CC(C)NC(=O)CCCC(=O)N1CC[C@@H]2CN(C(=O)[C@@H]3CCN(C)[C@@H]3C)C[C@@H]21. The van der Waals surface area contributed by atoms with Gasteiger partial charge in [-0.15, -0.1) is 0 Å². The first kappa shape index (κ1) is 21.1. The summed E-state index contributed by atoms with van der Waals surface area (Å²) in [6.45, 7) is 9.24. The number of carbonyl (C=O) groups is 3. The zero-order valence-corrected chi connectivity index (χ0v) is 17.8. The molecule has 7 nitrogen and oxygen atoms in total. The quantitative estimate of drug-likeness (QED) is 0.734. The van der Waals surface area contributed by atoms with Gasteiger partial charge in [-0.3, -0.25) is 14.4 Å². The van der Waals surface area contributed by atoms with E-state index in [-0.39, 0.29) is 35.7 Å². The smallest absolute Gasteiger partial charge is 0.227 e. The van der Waals surface area contributed by atoms with Gasteiger partial charge in [-0.05, 0) is 53.6 Å². The van der Waals surface area contributed by atoms with Crippen molar-refractivity contribution in [1.29, 1.82) is 0 Å². The van der Waals surface area contributed by atoms with Gasteiger partial charge in [-0.2, -0.15) is 0 Å². The van der Waals surface area contributed by atoms with Crippen LogP contribution in [0.4, 0.5) is 0 Å². The molecule has 0 aromatic rings. The van der Waals surface area contributed by atoms with Gasteiger partial charge in [-0.25, -0.2) is 0 Å². The lowest BCUT2D eigenvalue weighted by atomic mass is 10.0. The van der Waals surface area contributed by atoms with E-state index in [4.69, 9.17) is 0 Å². The molecule has 3 aliphatic heterocycles. The van der Waals surface area contributed by atoms with Crippen molar-refractivity contribution in [2.75, 3.05) is 33.2 Å². The van der Waals surface area contributed by atoms with Gasteiger partial charge >= 0.3 is 0 Å². The van der Waals surface area contributed by atoms with Crippen LogP contribution in [-0.4, -0.2) is 83.8 Å². The number of fused-ring (bicyclic) bond motifs is 1. The molecular formula is C21H36N4O3. The maximum atomic E-state index is 13.0. The zero-order chi connectivity index (χ0) is 20.4. The van der Waals surface area contributed by atoms with Gasteiger partial charge in [0.2, 0.25) is 17.7 Å². The van der Waals surface area contributed by atoms with Crippen molar-refractivity contribution in [3.8, 4) is 0 Å². The second-order valence-corrected chi connectivity index (χ2v) is 9.14. The summed E-state index contributed by atoms with van der Waals surface area (Å²) in [6, 6.07) is 0.588. The summed E-state index contributed by atoms with van der Waals surface area (Å²) < 4.78 is 0. The molecule has 7 heteroatoms. The average Bonchev–Trinajstić information content (AvgIpc) is 3.29. The van der Waals surface area contributed by atoms with Crippen molar-refractivity contribution >= 4 is 17.7 Å². The van der Waals surface area contributed by atoms with Crippen LogP contribution in [0.25, 0.3) is 0 Å². The summed E-state index contributed by atoms with van der Waals surface area (Å²) in [4.78, 5) is 43.7. The largest absolute Gasteiger partial charge is 0.354 e. The first-order valence-corrected chi connectivity index (χ1v) is 10.9. The molecule has 0 spiro atoms. The highest BCUT2D eigenvalue weighted by molar-refractivity contribution is 5.81. The fraction of sp³-hybridized carbons (Fsp3) is 0.857. The average molecular weight is 393 g/mol. The Balaban J connectivity index is 1.48. The lowest BCUT2D eigenvalue weighted by molar-refractivity contribution is -0.137. The normalized spacial score (nSPS) is 30.2. The van der Waals surface area contributed by atoms with E-state index in [1.807, 2.05) is 23.6 Å². The van der Waals surface area contributed by atoms with Crippen molar-refractivity contribution in [3.63, 3.8) is 0 Å². The van der Waals surface area contributed by atoms with E-state index in [9.17, 15) is 14.4 Å². The van der Waals surface area contributed by atoms with Gasteiger partial charge in [-0.1, -0.05) is 0 Å². The fourth-order valence-corrected chi connectivity index (χ4v) is 5.05. The van der Waals surface area contributed by atoms with Crippen LogP contribution in [0, 0.1) is 11.8 Å². The third-order valence-electron chi connectivity index (χ3n) is 6.81. The van der Waals surface area contributed by atoms with Crippen molar-refractivity contribution in [1.82, 2.24) is 20.0 Å². The second-order valence-electron chi connectivity index (χ2n) is 9.14. The van der Waals surface area contributed by atoms with Crippen LogP contribution in [-0.2, 0) is 14.4 Å². The molecule has 0 aliphatic carbocycles. The topological polar surface area (TPSA) is 73.0 Å². The Bertz CT molecular complexity index is 608. The Kier molecular flexibility index (Phi) is 6.63. The van der Waals surface area contributed by atoms with E-state index in [2.05, 4.69) is 24.2 Å². The van der Waals surface area contributed by atoms with E-state index in [0.717, 1.165) is 32.5 Å². The Morgan fingerprint density at radius 2 is 1.82 bits per heavy atom. The van der Waals surface area contributed by atoms with Gasteiger partial charge in [0.1, 0.15) is 0 Å². The van der Waals surface area contributed by atoms with E-state index in [1.165, 1.54) is 0 Å². The molecule has 3 fully saturated rings. The van der Waals surface area contributed by atoms with Crippen molar-refractivity contribution in [2.45, 2.75) is 71.0 Å². The minimum atomic E-state index is 0.00962. The van der Waals surface area contributed by atoms with Crippen molar-refractivity contribution in [2.24, 2.45) is 11.8 Å². The second kappa shape index (κ2) is 8.80. The maximum Gasteiger partial charge on any atom is 0.227 e. The summed E-state index contributed by atoms with van der Waals surface area (Å²) in [6.07, 6.45) is 3.30. The van der Waals surface area contributed by atoms with E-state index >= 15 is 0 Å². The Morgan fingerprint density at radius 3 is 2.46 bits per heavy atom. The molecule has 28 heavy (non-hydrogen) atoms. The number of amides is 3. The summed E-state index contributed by atoms with van der Waals surface area (Å²) in [7, 11) is 2.08. The molecule has 3 aliphatic rings. The number of nitrogens with one attached hydrogen (secondary N) is 1. The highest BCUT2D eigenvalue weighted by Crippen LogP contribution is 2.34. The summed E-state index contributed by atoms with van der Waals surface area (Å²) in [5, 5.41) is 2.86. The molecule has 0 saturated carbocycles. The fourth-order valence-electron chi connectivity index (χ4n) is 5.05. The Morgan fingerprint density at radius 1 is 1.07 bits per heavy atom. The lowest BCUT2D eigenvalue weighted by Crippen LogP contribution is -2.43. The number of hydrogen-bond acceptors (Lipinski definition) is 4. The first-order chi connectivity index (χ1) is 13.3. The van der Waals surface area contributed by atoms with Crippen molar-refractivity contribution in [3.05, 3.63) is 0 Å². The van der Waals surface area contributed by atoms with Gasteiger partial charge in [0.05, 0.1) is 12.0 Å². The molecule has 4 atom stereocenters. The van der Waals surface area contributed by atoms with Crippen LogP contribution in [0.1, 0.15) is 52.9 Å². The molecule has 0 aromatic heterocycles. The molecule has 1 N–H and O–H groups in total. The highest BCUT2D eigenvalue weighted by atomic mass is 16.2. The van der Waals surface area contributed by atoms with Crippen LogP contribution in [0.2, 0.25) is 0 Å². The predicted molar refractivity (Wildman–Crippen MR) is 108 cm³/mol. The Hall–Kier alpha value is -1.63. The number of nitrogens with zero attached hydrogens (tertiary/aromatic N) is 3. The number of hydrogen-bond donors (Lipinski definition) is 1. The summed E-state index contributed by atoms with van der Waals surface area (Å²) >= 11 is 0. The maximum absolute atomic E-state index is 13.0. The van der Waals surface area contributed by atoms with Gasteiger partial charge in [0, 0.05) is 50.5 Å². The minimum absolute atomic E-state index is 0.00962. The zero-order valence-electron chi connectivity index (χ0n) is 17.8. The van der Waals surface area contributed by atoms with Crippen LogP contribution in [0.15, 0.2) is 0 Å².